The van der Waals surface area contributed by atoms with Crippen molar-refractivity contribution in [1.82, 2.24) is 4.90 Å². The molecule has 17 heavy (non-hydrogen) atoms. The van der Waals surface area contributed by atoms with E-state index in [4.69, 9.17) is 0 Å². The first-order chi connectivity index (χ1) is 8.24. The van der Waals surface area contributed by atoms with Gasteiger partial charge in [-0.1, -0.05) is 51.3 Å². The number of rotatable bonds is 6. The van der Waals surface area contributed by atoms with Crippen molar-refractivity contribution < 1.29 is 4.79 Å². The summed E-state index contributed by atoms with van der Waals surface area (Å²) < 4.78 is 0. The quantitative estimate of drug-likeness (QED) is 0.730. The minimum atomic E-state index is -0.273. The molecule has 0 atom stereocenters. The zero-order valence-electron chi connectivity index (χ0n) is 10.9. The Balaban J connectivity index is 2.17. The second kappa shape index (κ2) is 5.42. The molecule has 0 spiro atoms. The maximum atomic E-state index is 12.3. The first kappa shape index (κ1) is 12.9. The van der Waals surface area contributed by atoms with Crippen LogP contribution in [0.4, 0.5) is 0 Å². The van der Waals surface area contributed by atoms with Gasteiger partial charge in [-0.25, -0.2) is 0 Å². The van der Waals surface area contributed by atoms with Gasteiger partial charge in [0.25, 0.3) is 5.91 Å². The van der Waals surface area contributed by atoms with Crippen molar-refractivity contribution in [2.45, 2.75) is 57.9 Å². The molecule has 2 aliphatic heterocycles. The highest BCUT2D eigenvalue weighted by Crippen LogP contribution is 2.40. The number of hydrogen-bond acceptors (Lipinski definition) is 3. The molecule has 2 aliphatic rings. The van der Waals surface area contributed by atoms with Gasteiger partial charge in [0, 0.05) is 12.3 Å². The average molecular weight is 254 g/mol. The number of amides is 1. The van der Waals surface area contributed by atoms with Crippen LogP contribution >= 0.6 is 11.8 Å². The minimum absolute atomic E-state index is 0.126. The fourth-order valence-electron chi connectivity index (χ4n) is 2.75. The molecule has 0 aromatic heterocycles. The number of aliphatic imine (C=N–C) groups is 1. The van der Waals surface area contributed by atoms with Crippen LogP contribution in [0.3, 0.4) is 0 Å². The zero-order chi connectivity index (χ0) is 12.3. The molecule has 2 rings (SSSR count). The number of nitrogens with zero attached hydrogens (tertiary/aromatic N) is 2. The summed E-state index contributed by atoms with van der Waals surface area (Å²) in [5, 5.41) is 0.988. The summed E-state index contributed by atoms with van der Waals surface area (Å²) in [6, 6.07) is 0. The van der Waals surface area contributed by atoms with Gasteiger partial charge in [-0.15, -0.1) is 0 Å². The van der Waals surface area contributed by atoms with Gasteiger partial charge in [-0.05, 0) is 12.8 Å². The first-order valence-electron chi connectivity index (χ1n) is 6.78. The third-order valence-electron chi connectivity index (χ3n) is 3.78. The van der Waals surface area contributed by atoms with E-state index in [1.807, 2.05) is 0 Å². The Kier molecular flexibility index (Phi) is 4.13. The van der Waals surface area contributed by atoms with E-state index in [1.54, 1.807) is 11.8 Å². The van der Waals surface area contributed by atoms with Crippen LogP contribution < -0.4 is 0 Å². The topological polar surface area (TPSA) is 32.7 Å². The molecule has 1 amide bonds. The molecule has 96 valence electrons. The van der Waals surface area contributed by atoms with Gasteiger partial charge in [0.15, 0.2) is 5.17 Å². The monoisotopic (exact) mass is 254 g/mol. The molecular weight excluding hydrogens is 232 g/mol. The summed E-state index contributed by atoms with van der Waals surface area (Å²) in [5.41, 5.74) is -0.273. The van der Waals surface area contributed by atoms with Crippen molar-refractivity contribution in [3.63, 3.8) is 0 Å². The van der Waals surface area contributed by atoms with Crippen LogP contribution in [0.1, 0.15) is 52.4 Å². The maximum Gasteiger partial charge on any atom is 0.273 e. The van der Waals surface area contributed by atoms with E-state index in [9.17, 15) is 4.79 Å². The predicted octanol–water partition coefficient (Wildman–Crippen LogP) is 3.05. The van der Waals surface area contributed by atoms with Gasteiger partial charge < -0.3 is 4.90 Å². The van der Waals surface area contributed by atoms with E-state index in [-0.39, 0.29) is 11.4 Å². The number of fused-ring (bicyclic) bond motifs is 1. The van der Waals surface area contributed by atoms with Gasteiger partial charge in [0.2, 0.25) is 0 Å². The highest BCUT2D eigenvalue weighted by molar-refractivity contribution is 8.14. The van der Waals surface area contributed by atoms with Crippen molar-refractivity contribution in [1.29, 1.82) is 0 Å². The molecule has 0 N–H and O–H groups in total. The molecule has 1 fully saturated rings. The molecule has 1 saturated heterocycles. The molecule has 0 aromatic carbocycles. The Morgan fingerprint density at radius 3 is 2.53 bits per heavy atom. The second-order valence-corrected chi connectivity index (χ2v) is 6.00. The fourth-order valence-corrected chi connectivity index (χ4v) is 3.77. The molecule has 0 aromatic rings. The summed E-state index contributed by atoms with van der Waals surface area (Å²) in [4.78, 5) is 18.9. The van der Waals surface area contributed by atoms with Crippen LogP contribution in [0.25, 0.3) is 0 Å². The van der Waals surface area contributed by atoms with E-state index in [0.717, 1.165) is 56.0 Å². The smallest absolute Gasteiger partial charge is 0.273 e. The van der Waals surface area contributed by atoms with Crippen LogP contribution in [0.2, 0.25) is 0 Å². The van der Waals surface area contributed by atoms with Crippen molar-refractivity contribution in [2.24, 2.45) is 4.99 Å². The Morgan fingerprint density at radius 2 is 1.94 bits per heavy atom. The molecule has 0 aliphatic carbocycles. The largest absolute Gasteiger partial charge is 0.335 e. The van der Waals surface area contributed by atoms with Crippen LogP contribution in [0.5, 0.6) is 0 Å². The predicted molar refractivity (Wildman–Crippen MR) is 73.4 cm³/mol. The summed E-state index contributed by atoms with van der Waals surface area (Å²) in [7, 11) is 0. The molecule has 0 saturated carbocycles. The van der Waals surface area contributed by atoms with Gasteiger partial charge in [-0.2, -0.15) is 4.99 Å². The summed E-state index contributed by atoms with van der Waals surface area (Å²) in [6.45, 7) is 5.38. The standard InChI is InChI=1S/C13H22N2OS/c1-3-5-7-13(8-6-4-2)11(16)14-12-15(13)9-10-17-12/h3-10H2,1-2H3. The normalized spacial score (nSPS) is 21.9. The van der Waals surface area contributed by atoms with E-state index < -0.39 is 0 Å². The lowest BCUT2D eigenvalue weighted by molar-refractivity contribution is -0.126. The third kappa shape index (κ3) is 2.24. The van der Waals surface area contributed by atoms with Crippen molar-refractivity contribution >= 4 is 22.8 Å². The highest BCUT2D eigenvalue weighted by Gasteiger charge is 2.50. The van der Waals surface area contributed by atoms with Gasteiger partial charge in [-0.3, -0.25) is 4.79 Å². The maximum absolute atomic E-state index is 12.3. The number of carbonyl (C=O) groups excluding carboxylic acids is 1. The zero-order valence-corrected chi connectivity index (χ0v) is 11.7. The molecular formula is C13H22N2OS. The Hall–Kier alpha value is -0.510. The first-order valence-corrected chi connectivity index (χ1v) is 7.76. The Bertz CT molecular complexity index is 319. The minimum Gasteiger partial charge on any atom is -0.335 e. The molecule has 0 bridgehead atoms. The van der Waals surface area contributed by atoms with Gasteiger partial charge in [0.1, 0.15) is 5.54 Å². The Labute approximate surface area is 108 Å². The highest BCUT2D eigenvalue weighted by atomic mass is 32.2. The molecule has 0 radical (unpaired) electrons. The lowest BCUT2D eigenvalue weighted by Gasteiger charge is -2.35. The number of carbonyl (C=O) groups is 1. The van der Waals surface area contributed by atoms with Crippen LogP contribution in [-0.4, -0.2) is 33.8 Å². The average Bonchev–Trinajstić information content (AvgIpc) is 2.86. The number of thioether (sulfide) groups is 1. The van der Waals surface area contributed by atoms with Crippen LogP contribution in [0.15, 0.2) is 4.99 Å². The fraction of sp³-hybridized carbons (Fsp3) is 0.846. The molecule has 2 heterocycles. The molecule has 3 nitrogen and oxygen atoms in total. The van der Waals surface area contributed by atoms with Gasteiger partial charge >= 0.3 is 0 Å². The SMILES string of the molecule is CCCCC1(CCCC)C(=O)N=C2SCCN21. The van der Waals surface area contributed by atoms with E-state index in [2.05, 4.69) is 23.7 Å². The van der Waals surface area contributed by atoms with Crippen molar-refractivity contribution in [3.8, 4) is 0 Å². The number of amidine groups is 1. The summed E-state index contributed by atoms with van der Waals surface area (Å²) in [5.74, 6) is 1.22. The number of hydrogen-bond donors (Lipinski definition) is 0. The van der Waals surface area contributed by atoms with Crippen molar-refractivity contribution in [3.05, 3.63) is 0 Å². The third-order valence-corrected chi connectivity index (χ3v) is 4.73. The second-order valence-electron chi connectivity index (χ2n) is 4.94. The number of unbranched alkanes of at least 4 members (excludes halogenated alkanes) is 2. The Morgan fingerprint density at radius 1 is 1.29 bits per heavy atom. The lowest BCUT2D eigenvalue weighted by Crippen LogP contribution is -2.50. The lowest BCUT2D eigenvalue weighted by atomic mass is 9.85. The van der Waals surface area contributed by atoms with E-state index in [1.165, 1.54) is 0 Å². The summed E-state index contributed by atoms with van der Waals surface area (Å²) in [6.07, 6.45) is 6.51. The van der Waals surface area contributed by atoms with Crippen LogP contribution in [0, 0.1) is 0 Å². The van der Waals surface area contributed by atoms with E-state index >= 15 is 0 Å². The summed E-state index contributed by atoms with van der Waals surface area (Å²) >= 11 is 1.74. The molecule has 4 heteroatoms. The van der Waals surface area contributed by atoms with Crippen molar-refractivity contribution in [2.75, 3.05) is 12.3 Å². The van der Waals surface area contributed by atoms with Crippen LogP contribution in [-0.2, 0) is 4.79 Å². The van der Waals surface area contributed by atoms with Gasteiger partial charge in [0.05, 0.1) is 0 Å². The molecule has 0 unspecified atom stereocenters. The van der Waals surface area contributed by atoms with E-state index in [0.29, 0.717) is 0 Å².